The number of hydrogen-bond donors (Lipinski definition) is 0. The van der Waals surface area contributed by atoms with Gasteiger partial charge in [-0.15, -0.1) is 0 Å². The molecule has 0 rings (SSSR count). The number of allylic oxidation sites excluding steroid dienone is 4. The number of carbonyl (C=O) groups excluding carboxylic acids is 1. The minimum Gasteiger partial charge on any atom is -0.299 e. The summed E-state index contributed by atoms with van der Waals surface area (Å²) >= 11 is 0. The van der Waals surface area contributed by atoms with Gasteiger partial charge in [-0.1, -0.05) is 32.1 Å². The third-order valence-electron chi connectivity index (χ3n) is 1.35. The second kappa shape index (κ2) is 7.26. The standard InChI is InChI=1S/C10H16O/c1-10(2)8-6-4-3-5-7-9-11/h3-5,7,9-10H,6,8H2,1-2H3. The Labute approximate surface area is 68.8 Å². The number of rotatable bonds is 5. The summed E-state index contributed by atoms with van der Waals surface area (Å²) in [6.45, 7) is 4.41. The Morgan fingerprint density at radius 3 is 2.45 bits per heavy atom. The lowest BCUT2D eigenvalue weighted by molar-refractivity contribution is -0.104. The van der Waals surface area contributed by atoms with Crippen LogP contribution in [0.3, 0.4) is 0 Å². The predicted molar refractivity (Wildman–Crippen MR) is 48.4 cm³/mol. The molecular formula is C10H16O. The lowest BCUT2D eigenvalue weighted by Gasteiger charge is -1.97. The molecule has 0 aliphatic rings. The Morgan fingerprint density at radius 2 is 1.91 bits per heavy atom. The molecule has 11 heavy (non-hydrogen) atoms. The quantitative estimate of drug-likeness (QED) is 0.336. The van der Waals surface area contributed by atoms with Crippen LogP contribution < -0.4 is 0 Å². The second-order valence-electron chi connectivity index (χ2n) is 2.92. The van der Waals surface area contributed by atoms with Gasteiger partial charge < -0.3 is 0 Å². The van der Waals surface area contributed by atoms with Gasteiger partial charge in [0.05, 0.1) is 0 Å². The highest BCUT2D eigenvalue weighted by molar-refractivity contribution is 5.65. The van der Waals surface area contributed by atoms with Crippen LogP contribution in [-0.4, -0.2) is 6.29 Å². The summed E-state index contributed by atoms with van der Waals surface area (Å²) in [5, 5.41) is 0. The molecule has 0 N–H and O–H groups in total. The molecule has 1 nitrogen and oxygen atoms in total. The highest BCUT2D eigenvalue weighted by Crippen LogP contribution is 2.03. The van der Waals surface area contributed by atoms with E-state index in [0.29, 0.717) is 0 Å². The Kier molecular flexibility index (Phi) is 6.70. The zero-order valence-corrected chi connectivity index (χ0v) is 7.29. The SMILES string of the molecule is CC(C)CCC=CC=CC=O. The zero-order chi connectivity index (χ0) is 8.53. The maximum atomic E-state index is 9.83. The highest BCUT2D eigenvalue weighted by Gasteiger charge is 1.88. The summed E-state index contributed by atoms with van der Waals surface area (Å²) in [5.74, 6) is 0.759. The lowest BCUT2D eigenvalue weighted by atomic mass is 10.1. The Morgan fingerprint density at radius 1 is 1.18 bits per heavy atom. The number of carbonyl (C=O) groups is 1. The van der Waals surface area contributed by atoms with E-state index in [9.17, 15) is 4.79 Å². The van der Waals surface area contributed by atoms with E-state index in [1.807, 2.05) is 6.08 Å². The van der Waals surface area contributed by atoms with Crippen LogP contribution in [0.2, 0.25) is 0 Å². The molecule has 0 aromatic rings. The van der Waals surface area contributed by atoms with Gasteiger partial charge in [0.1, 0.15) is 6.29 Å². The minimum atomic E-state index is 0.759. The van der Waals surface area contributed by atoms with Crippen LogP contribution in [0.1, 0.15) is 26.7 Å². The fourth-order valence-corrected chi connectivity index (χ4v) is 0.714. The summed E-state index contributed by atoms with van der Waals surface area (Å²) in [4.78, 5) is 9.83. The molecule has 0 amide bonds. The van der Waals surface area contributed by atoms with Crippen LogP contribution in [0.4, 0.5) is 0 Å². The van der Waals surface area contributed by atoms with Crippen molar-refractivity contribution >= 4 is 6.29 Å². The normalized spacial score (nSPS) is 11.9. The molecule has 0 bridgehead atoms. The van der Waals surface area contributed by atoms with Gasteiger partial charge in [-0.25, -0.2) is 0 Å². The maximum absolute atomic E-state index is 9.83. The van der Waals surface area contributed by atoms with Crippen LogP contribution in [0.15, 0.2) is 24.3 Å². The van der Waals surface area contributed by atoms with E-state index in [4.69, 9.17) is 0 Å². The third-order valence-corrected chi connectivity index (χ3v) is 1.35. The summed E-state index contributed by atoms with van der Waals surface area (Å²) in [7, 11) is 0. The first-order chi connectivity index (χ1) is 5.27. The molecular weight excluding hydrogens is 136 g/mol. The summed E-state index contributed by atoms with van der Waals surface area (Å²) in [6, 6.07) is 0. The van der Waals surface area contributed by atoms with E-state index in [-0.39, 0.29) is 0 Å². The molecule has 0 aromatic carbocycles. The third kappa shape index (κ3) is 9.15. The van der Waals surface area contributed by atoms with Gasteiger partial charge >= 0.3 is 0 Å². The van der Waals surface area contributed by atoms with Crippen molar-refractivity contribution in [2.24, 2.45) is 5.92 Å². The van der Waals surface area contributed by atoms with Crippen molar-refractivity contribution in [2.75, 3.05) is 0 Å². The first kappa shape index (κ1) is 10.2. The molecule has 0 fully saturated rings. The molecule has 0 saturated carbocycles. The van der Waals surface area contributed by atoms with E-state index in [2.05, 4.69) is 19.9 Å². The molecule has 0 radical (unpaired) electrons. The molecule has 0 aromatic heterocycles. The molecule has 0 saturated heterocycles. The lowest BCUT2D eigenvalue weighted by Crippen LogP contribution is -1.83. The van der Waals surface area contributed by atoms with Gasteiger partial charge in [0.2, 0.25) is 0 Å². The molecule has 0 aliphatic heterocycles. The van der Waals surface area contributed by atoms with Crippen molar-refractivity contribution in [1.29, 1.82) is 0 Å². The van der Waals surface area contributed by atoms with Crippen molar-refractivity contribution in [3.05, 3.63) is 24.3 Å². The van der Waals surface area contributed by atoms with E-state index in [0.717, 1.165) is 18.6 Å². The molecule has 0 atom stereocenters. The predicted octanol–water partition coefficient (Wildman–Crippen LogP) is 2.73. The summed E-state index contributed by atoms with van der Waals surface area (Å²) in [5.41, 5.74) is 0. The molecule has 0 aliphatic carbocycles. The topological polar surface area (TPSA) is 17.1 Å². The smallest absolute Gasteiger partial charge is 0.142 e. The maximum Gasteiger partial charge on any atom is 0.142 e. The van der Waals surface area contributed by atoms with Crippen molar-refractivity contribution in [3.8, 4) is 0 Å². The average Bonchev–Trinajstić information content (AvgIpc) is 1.96. The second-order valence-corrected chi connectivity index (χ2v) is 2.92. The van der Waals surface area contributed by atoms with Crippen LogP contribution in [0.25, 0.3) is 0 Å². The van der Waals surface area contributed by atoms with Gasteiger partial charge in [-0.3, -0.25) is 4.79 Å². The van der Waals surface area contributed by atoms with E-state index in [1.54, 1.807) is 6.08 Å². The van der Waals surface area contributed by atoms with Gasteiger partial charge in [-0.2, -0.15) is 0 Å². The molecule has 1 heteroatoms. The van der Waals surface area contributed by atoms with Gasteiger partial charge in [-0.05, 0) is 24.8 Å². The first-order valence-electron chi connectivity index (χ1n) is 4.04. The number of hydrogen-bond acceptors (Lipinski definition) is 1. The van der Waals surface area contributed by atoms with Gasteiger partial charge in [0, 0.05) is 0 Å². The Bertz CT molecular complexity index is 143. The van der Waals surface area contributed by atoms with Crippen molar-refractivity contribution in [1.82, 2.24) is 0 Å². The minimum absolute atomic E-state index is 0.759. The van der Waals surface area contributed by atoms with Gasteiger partial charge in [0.25, 0.3) is 0 Å². The summed E-state index contributed by atoms with van der Waals surface area (Å²) < 4.78 is 0. The van der Waals surface area contributed by atoms with Crippen LogP contribution in [-0.2, 0) is 4.79 Å². The van der Waals surface area contributed by atoms with E-state index >= 15 is 0 Å². The monoisotopic (exact) mass is 152 g/mol. The first-order valence-corrected chi connectivity index (χ1v) is 4.04. The fourth-order valence-electron chi connectivity index (χ4n) is 0.714. The van der Waals surface area contributed by atoms with E-state index < -0.39 is 0 Å². The largest absolute Gasteiger partial charge is 0.299 e. The summed E-state index contributed by atoms with van der Waals surface area (Å²) in [6.07, 6.45) is 10.3. The molecule has 0 heterocycles. The average molecular weight is 152 g/mol. The van der Waals surface area contributed by atoms with Crippen LogP contribution in [0.5, 0.6) is 0 Å². The van der Waals surface area contributed by atoms with Crippen molar-refractivity contribution in [3.63, 3.8) is 0 Å². The molecule has 0 spiro atoms. The van der Waals surface area contributed by atoms with E-state index in [1.165, 1.54) is 12.5 Å². The van der Waals surface area contributed by atoms with Gasteiger partial charge in [0.15, 0.2) is 0 Å². The fraction of sp³-hybridized carbons (Fsp3) is 0.500. The number of aldehydes is 1. The molecule has 0 unspecified atom stereocenters. The van der Waals surface area contributed by atoms with Crippen molar-refractivity contribution < 1.29 is 4.79 Å². The zero-order valence-electron chi connectivity index (χ0n) is 7.29. The Balaban J connectivity index is 3.30. The van der Waals surface area contributed by atoms with Crippen LogP contribution in [0, 0.1) is 5.92 Å². The Hall–Kier alpha value is -0.850. The highest BCUT2D eigenvalue weighted by atomic mass is 16.1. The van der Waals surface area contributed by atoms with Crippen molar-refractivity contribution in [2.45, 2.75) is 26.7 Å². The molecule has 62 valence electrons. The van der Waals surface area contributed by atoms with Crippen LogP contribution >= 0.6 is 0 Å².